The zero-order valence-electron chi connectivity index (χ0n) is 11.2. The van der Waals surface area contributed by atoms with E-state index in [2.05, 4.69) is 0 Å². The minimum atomic E-state index is -1.43. The molecule has 2 aliphatic rings. The fraction of sp³-hybridized carbons (Fsp3) is 0.467. The van der Waals surface area contributed by atoms with Gasteiger partial charge >= 0.3 is 0 Å². The summed E-state index contributed by atoms with van der Waals surface area (Å²) in [5.74, 6) is 0. The highest BCUT2D eigenvalue weighted by atomic mass is 16.7. The third-order valence-corrected chi connectivity index (χ3v) is 3.88. The van der Waals surface area contributed by atoms with Gasteiger partial charge in [0, 0.05) is 0 Å². The number of fused-ring (bicyclic) bond motifs is 1. The zero-order chi connectivity index (χ0) is 15.0. The molecule has 1 fully saturated rings. The van der Waals surface area contributed by atoms with E-state index in [1.807, 2.05) is 36.4 Å². The Labute approximate surface area is 121 Å². The predicted octanol–water partition coefficient (Wildman–Crippen LogP) is -0.429. The Hall–Kier alpha value is -1.28. The molecule has 0 aromatic heterocycles. The molecule has 1 heterocycles. The summed E-state index contributed by atoms with van der Waals surface area (Å²) in [7, 11) is 0. The molecule has 6 atom stereocenters. The van der Waals surface area contributed by atoms with Crippen molar-refractivity contribution in [2.24, 2.45) is 0 Å². The second-order valence-corrected chi connectivity index (χ2v) is 5.24. The molecule has 0 radical (unpaired) electrons. The van der Waals surface area contributed by atoms with Crippen LogP contribution in [0.25, 0.3) is 6.08 Å². The Morgan fingerprint density at radius 3 is 2.57 bits per heavy atom. The van der Waals surface area contributed by atoms with Gasteiger partial charge in [0.15, 0.2) is 6.29 Å². The van der Waals surface area contributed by atoms with Crippen molar-refractivity contribution in [2.45, 2.75) is 36.8 Å². The monoisotopic (exact) mass is 294 g/mol. The number of aliphatic hydroxyl groups is 4. The average molecular weight is 294 g/mol. The first-order chi connectivity index (χ1) is 10.1. The Morgan fingerprint density at radius 2 is 1.81 bits per heavy atom. The summed E-state index contributed by atoms with van der Waals surface area (Å²) < 4.78 is 11.0. The maximum absolute atomic E-state index is 9.96. The largest absolute Gasteiger partial charge is 0.394 e. The Balaban J connectivity index is 1.75. The van der Waals surface area contributed by atoms with Gasteiger partial charge in [-0.25, -0.2) is 0 Å². The minimum Gasteiger partial charge on any atom is -0.394 e. The van der Waals surface area contributed by atoms with Crippen molar-refractivity contribution < 1.29 is 29.9 Å². The Morgan fingerprint density at radius 1 is 1.05 bits per heavy atom. The van der Waals surface area contributed by atoms with E-state index in [0.29, 0.717) is 0 Å². The molecule has 3 rings (SSSR count). The Bertz CT molecular complexity index is 529. The fourth-order valence-electron chi connectivity index (χ4n) is 2.66. The summed E-state index contributed by atoms with van der Waals surface area (Å²) >= 11 is 0. The lowest BCUT2D eigenvalue weighted by molar-refractivity contribution is -0.308. The van der Waals surface area contributed by atoms with E-state index in [0.717, 1.165) is 11.1 Å². The molecule has 0 spiro atoms. The molecule has 114 valence electrons. The van der Waals surface area contributed by atoms with Crippen LogP contribution in [0.2, 0.25) is 0 Å². The minimum absolute atomic E-state index is 0.400. The van der Waals surface area contributed by atoms with Crippen LogP contribution in [0.4, 0.5) is 0 Å². The number of ether oxygens (including phenoxy) is 2. The topological polar surface area (TPSA) is 99.4 Å². The van der Waals surface area contributed by atoms with Crippen LogP contribution in [0, 0.1) is 0 Å². The summed E-state index contributed by atoms with van der Waals surface area (Å²) in [5.41, 5.74) is 1.96. The number of aliphatic hydroxyl groups excluding tert-OH is 4. The van der Waals surface area contributed by atoms with Gasteiger partial charge in [0.25, 0.3) is 0 Å². The van der Waals surface area contributed by atoms with Gasteiger partial charge in [0.1, 0.15) is 30.5 Å². The van der Waals surface area contributed by atoms with Crippen molar-refractivity contribution in [3.05, 3.63) is 41.5 Å². The molecule has 0 bridgehead atoms. The van der Waals surface area contributed by atoms with Crippen molar-refractivity contribution in [3.63, 3.8) is 0 Å². The van der Waals surface area contributed by atoms with Gasteiger partial charge in [-0.05, 0) is 11.1 Å². The van der Waals surface area contributed by atoms with Gasteiger partial charge in [0.2, 0.25) is 0 Å². The average Bonchev–Trinajstić information content (AvgIpc) is 2.91. The lowest BCUT2D eigenvalue weighted by Gasteiger charge is -2.40. The van der Waals surface area contributed by atoms with Gasteiger partial charge in [-0.2, -0.15) is 0 Å². The van der Waals surface area contributed by atoms with Gasteiger partial charge in [-0.1, -0.05) is 36.4 Å². The van der Waals surface area contributed by atoms with Crippen LogP contribution in [-0.4, -0.2) is 57.7 Å². The number of hydrogen-bond donors (Lipinski definition) is 4. The van der Waals surface area contributed by atoms with Crippen LogP contribution in [0.1, 0.15) is 17.2 Å². The summed E-state index contributed by atoms with van der Waals surface area (Å²) in [6, 6.07) is 7.65. The lowest BCUT2D eigenvalue weighted by Crippen LogP contribution is -2.59. The number of benzene rings is 1. The molecule has 4 N–H and O–H groups in total. The summed E-state index contributed by atoms with van der Waals surface area (Å²) in [6.07, 6.45) is -2.95. The first kappa shape index (κ1) is 14.6. The molecule has 6 heteroatoms. The first-order valence-electron chi connectivity index (χ1n) is 6.85. The highest BCUT2D eigenvalue weighted by molar-refractivity contribution is 5.61. The van der Waals surface area contributed by atoms with Crippen LogP contribution in [0.15, 0.2) is 30.3 Å². The first-order valence-corrected chi connectivity index (χ1v) is 6.85. The molecule has 1 saturated heterocycles. The Kier molecular flexibility index (Phi) is 4.08. The highest BCUT2D eigenvalue weighted by Gasteiger charge is 2.45. The molecule has 1 aliphatic heterocycles. The summed E-state index contributed by atoms with van der Waals surface area (Å²) in [5, 5.41) is 38.6. The van der Waals surface area contributed by atoms with E-state index < -0.39 is 43.4 Å². The third kappa shape index (κ3) is 2.62. The van der Waals surface area contributed by atoms with Crippen molar-refractivity contribution in [1.29, 1.82) is 0 Å². The molecule has 0 saturated carbocycles. The van der Waals surface area contributed by atoms with Crippen molar-refractivity contribution >= 4 is 6.08 Å². The van der Waals surface area contributed by atoms with Crippen LogP contribution in [0.3, 0.4) is 0 Å². The van der Waals surface area contributed by atoms with Gasteiger partial charge < -0.3 is 29.9 Å². The number of hydrogen-bond acceptors (Lipinski definition) is 6. The quantitative estimate of drug-likeness (QED) is 0.604. The molecule has 1 aromatic carbocycles. The molecule has 2 unspecified atom stereocenters. The number of rotatable bonds is 3. The smallest absolute Gasteiger partial charge is 0.187 e. The summed E-state index contributed by atoms with van der Waals surface area (Å²) in [6.45, 7) is -0.470. The maximum Gasteiger partial charge on any atom is 0.187 e. The second-order valence-electron chi connectivity index (χ2n) is 5.24. The van der Waals surface area contributed by atoms with E-state index >= 15 is 0 Å². The lowest BCUT2D eigenvalue weighted by atomic mass is 9.99. The normalized spacial score (nSPS) is 38.5. The fourth-order valence-corrected chi connectivity index (χ4v) is 2.66. The molecule has 0 amide bonds. The van der Waals surface area contributed by atoms with E-state index in [4.69, 9.17) is 14.6 Å². The standard InChI is InChI=1S/C15H18O6/c16-7-11-12(17)13(18)14(19)15(21-11)20-10-6-5-8-3-1-2-4-9(8)10/h1-6,10-19H,7H2/t10?,11-,12-,13+,14-,15?/m1/s1. The van der Waals surface area contributed by atoms with Crippen molar-refractivity contribution in [3.8, 4) is 0 Å². The van der Waals surface area contributed by atoms with E-state index in [1.165, 1.54) is 0 Å². The van der Waals surface area contributed by atoms with E-state index in [9.17, 15) is 15.3 Å². The molecular weight excluding hydrogens is 276 g/mol. The van der Waals surface area contributed by atoms with Crippen LogP contribution in [0.5, 0.6) is 0 Å². The highest BCUT2D eigenvalue weighted by Crippen LogP contribution is 2.34. The van der Waals surface area contributed by atoms with Gasteiger partial charge in [0.05, 0.1) is 6.61 Å². The molecule has 6 nitrogen and oxygen atoms in total. The molecule has 21 heavy (non-hydrogen) atoms. The summed E-state index contributed by atoms with van der Waals surface area (Å²) in [4.78, 5) is 0. The molecule has 1 aliphatic carbocycles. The zero-order valence-corrected chi connectivity index (χ0v) is 11.2. The van der Waals surface area contributed by atoms with E-state index in [1.54, 1.807) is 0 Å². The molecular formula is C15H18O6. The SMILES string of the molecule is OC[C@H]1OC(OC2C=Cc3ccccc32)[C@H](O)[C@@H](O)[C@@H]1O. The van der Waals surface area contributed by atoms with E-state index in [-0.39, 0.29) is 0 Å². The predicted molar refractivity (Wildman–Crippen MR) is 73.1 cm³/mol. The van der Waals surface area contributed by atoms with Crippen LogP contribution in [-0.2, 0) is 9.47 Å². The molecule has 1 aromatic rings. The van der Waals surface area contributed by atoms with Crippen molar-refractivity contribution in [2.75, 3.05) is 6.61 Å². The third-order valence-electron chi connectivity index (χ3n) is 3.88. The van der Waals surface area contributed by atoms with Crippen LogP contribution < -0.4 is 0 Å². The van der Waals surface area contributed by atoms with Crippen LogP contribution >= 0.6 is 0 Å². The van der Waals surface area contributed by atoms with Crippen molar-refractivity contribution in [1.82, 2.24) is 0 Å². The maximum atomic E-state index is 9.96. The van der Waals surface area contributed by atoms with Gasteiger partial charge in [-0.15, -0.1) is 0 Å². The second kappa shape index (κ2) is 5.84. The van der Waals surface area contributed by atoms with Gasteiger partial charge in [-0.3, -0.25) is 0 Å².